The van der Waals surface area contributed by atoms with Gasteiger partial charge in [0.2, 0.25) is 0 Å². The van der Waals surface area contributed by atoms with E-state index in [0.717, 1.165) is 11.4 Å². The first-order chi connectivity index (χ1) is 8.54. The summed E-state index contributed by atoms with van der Waals surface area (Å²) in [6, 6.07) is -0.304. The van der Waals surface area contributed by atoms with Gasteiger partial charge in [-0.05, 0) is 26.7 Å². The normalized spacial score (nSPS) is 21.8. The Kier molecular flexibility index (Phi) is 4.87. The number of ether oxygens (including phenoxy) is 1. The van der Waals surface area contributed by atoms with Crippen LogP contribution >= 0.6 is 0 Å². The van der Waals surface area contributed by atoms with Crippen molar-refractivity contribution in [2.24, 2.45) is 0 Å². The zero-order valence-electron chi connectivity index (χ0n) is 11.1. The molecule has 0 spiro atoms. The molecule has 0 radical (unpaired) electrons. The molecular formula is C10H19F3N2O3S. The first kappa shape index (κ1) is 16.7. The lowest BCUT2D eigenvalue weighted by molar-refractivity contribution is -0.280. The number of hydrogen-bond donors (Lipinski definition) is 1. The van der Waals surface area contributed by atoms with Crippen molar-refractivity contribution >= 4 is 10.2 Å². The van der Waals surface area contributed by atoms with E-state index in [1.54, 1.807) is 13.8 Å². The van der Waals surface area contributed by atoms with Crippen LogP contribution in [0.3, 0.4) is 0 Å². The summed E-state index contributed by atoms with van der Waals surface area (Å²) in [6.07, 6.45) is -5.29. The molecule has 1 aliphatic rings. The standard InChI is InChI=1S/C10H19F3N2O3S/c1-8(2)14-19(16,17)15-6-4-9(18-3,5-7-15)10(11,12)13/h8,14H,4-7H2,1-3H3. The van der Waals surface area contributed by atoms with Crippen LogP contribution in [-0.2, 0) is 14.9 Å². The lowest BCUT2D eigenvalue weighted by Crippen LogP contribution is -2.57. The van der Waals surface area contributed by atoms with Crippen molar-refractivity contribution in [2.75, 3.05) is 20.2 Å². The Labute approximate surface area is 111 Å². The highest BCUT2D eigenvalue weighted by atomic mass is 32.2. The second kappa shape index (κ2) is 5.55. The summed E-state index contributed by atoms with van der Waals surface area (Å²) >= 11 is 0. The van der Waals surface area contributed by atoms with Crippen LogP contribution in [0.4, 0.5) is 13.2 Å². The molecule has 1 heterocycles. The Balaban J connectivity index is 2.77. The molecule has 114 valence electrons. The second-order valence-electron chi connectivity index (χ2n) is 4.87. The third-order valence-corrected chi connectivity index (χ3v) is 4.98. The molecule has 0 bridgehead atoms. The topological polar surface area (TPSA) is 58.6 Å². The largest absolute Gasteiger partial charge is 0.417 e. The highest BCUT2D eigenvalue weighted by Crippen LogP contribution is 2.41. The van der Waals surface area contributed by atoms with E-state index in [0.29, 0.717) is 0 Å². The van der Waals surface area contributed by atoms with Crippen LogP contribution in [0.1, 0.15) is 26.7 Å². The minimum atomic E-state index is -4.50. The van der Waals surface area contributed by atoms with Gasteiger partial charge >= 0.3 is 6.18 Å². The monoisotopic (exact) mass is 304 g/mol. The van der Waals surface area contributed by atoms with E-state index in [4.69, 9.17) is 0 Å². The van der Waals surface area contributed by atoms with Crippen molar-refractivity contribution in [1.29, 1.82) is 0 Å². The van der Waals surface area contributed by atoms with Crippen molar-refractivity contribution in [1.82, 2.24) is 9.03 Å². The first-order valence-corrected chi connectivity index (χ1v) is 7.37. The highest BCUT2D eigenvalue weighted by Gasteiger charge is 2.57. The molecule has 1 aliphatic heterocycles. The molecule has 0 amide bonds. The highest BCUT2D eigenvalue weighted by molar-refractivity contribution is 7.87. The van der Waals surface area contributed by atoms with E-state index in [1.807, 2.05) is 0 Å². The van der Waals surface area contributed by atoms with Crippen LogP contribution in [0.25, 0.3) is 0 Å². The zero-order valence-corrected chi connectivity index (χ0v) is 11.9. The van der Waals surface area contributed by atoms with E-state index >= 15 is 0 Å². The summed E-state index contributed by atoms with van der Waals surface area (Å²) in [4.78, 5) is 0. The third kappa shape index (κ3) is 3.59. The Bertz CT molecular complexity index is 401. The minimum Gasteiger partial charge on any atom is -0.369 e. The number of alkyl halides is 3. The molecule has 19 heavy (non-hydrogen) atoms. The summed E-state index contributed by atoms with van der Waals surface area (Å²) in [6.45, 7) is 2.87. The van der Waals surface area contributed by atoms with E-state index < -0.39 is 34.8 Å². The minimum absolute atomic E-state index is 0.213. The van der Waals surface area contributed by atoms with Gasteiger partial charge in [-0.2, -0.15) is 30.6 Å². The van der Waals surface area contributed by atoms with Gasteiger partial charge in [-0.1, -0.05) is 0 Å². The van der Waals surface area contributed by atoms with Crippen molar-refractivity contribution in [3.63, 3.8) is 0 Å². The molecule has 5 nitrogen and oxygen atoms in total. The molecule has 9 heteroatoms. The molecule has 0 saturated carbocycles. The van der Waals surface area contributed by atoms with Gasteiger partial charge < -0.3 is 4.74 Å². The maximum atomic E-state index is 12.9. The quantitative estimate of drug-likeness (QED) is 0.851. The molecule has 0 aromatic carbocycles. The smallest absolute Gasteiger partial charge is 0.369 e. The predicted molar refractivity (Wildman–Crippen MR) is 63.8 cm³/mol. The van der Waals surface area contributed by atoms with Crippen LogP contribution in [0.5, 0.6) is 0 Å². The average Bonchev–Trinajstić information content (AvgIpc) is 2.25. The Morgan fingerprint density at radius 3 is 2.05 bits per heavy atom. The lowest BCUT2D eigenvalue weighted by atomic mass is 9.91. The molecule has 1 saturated heterocycles. The van der Waals surface area contributed by atoms with Crippen molar-refractivity contribution in [3.8, 4) is 0 Å². The molecular weight excluding hydrogens is 285 g/mol. The van der Waals surface area contributed by atoms with E-state index in [2.05, 4.69) is 9.46 Å². The zero-order chi connectivity index (χ0) is 14.9. The molecule has 0 aromatic heterocycles. The van der Waals surface area contributed by atoms with Crippen LogP contribution in [-0.4, -0.2) is 50.7 Å². The Morgan fingerprint density at radius 1 is 1.26 bits per heavy atom. The van der Waals surface area contributed by atoms with Gasteiger partial charge in [0.1, 0.15) is 0 Å². The molecule has 1 fully saturated rings. The molecule has 0 unspecified atom stereocenters. The van der Waals surface area contributed by atoms with Gasteiger partial charge in [0.05, 0.1) is 0 Å². The van der Waals surface area contributed by atoms with Crippen molar-refractivity contribution in [3.05, 3.63) is 0 Å². The molecule has 0 atom stereocenters. The number of methoxy groups -OCH3 is 1. The average molecular weight is 304 g/mol. The molecule has 1 rings (SSSR count). The number of piperidine rings is 1. The summed E-state index contributed by atoms with van der Waals surface area (Å²) in [5, 5.41) is 0. The van der Waals surface area contributed by atoms with E-state index in [1.165, 1.54) is 0 Å². The fourth-order valence-electron chi connectivity index (χ4n) is 2.06. The summed E-state index contributed by atoms with van der Waals surface area (Å²) < 4.78 is 70.4. The van der Waals surface area contributed by atoms with Gasteiger partial charge in [0, 0.05) is 26.2 Å². The van der Waals surface area contributed by atoms with Gasteiger partial charge in [-0.3, -0.25) is 0 Å². The van der Waals surface area contributed by atoms with Crippen molar-refractivity contribution < 1.29 is 26.3 Å². The maximum Gasteiger partial charge on any atom is 0.417 e. The van der Waals surface area contributed by atoms with E-state index in [9.17, 15) is 21.6 Å². The van der Waals surface area contributed by atoms with Crippen LogP contribution < -0.4 is 4.72 Å². The summed E-state index contributed by atoms with van der Waals surface area (Å²) in [5.41, 5.74) is -2.24. The first-order valence-electron chi connectivity index (χ1n) is 5.93. The van der Waals surface area contributed by atoms with Crippen molar-refractivity contribution in [2.45, 2.75) is 44.5 Å². The summed E-state index contributed by atoms with van der Waals surface area (Å²) in [7, 11) is -2.72. The number of nitrogens with one attached hydrogen (secondary N) is 1. The van der Waals surface area contributed by atoms with Crippen LogP contribution in [0.2, 0.25) is 0 Å². The fourth-order valence-corrected chi connectivity index (χ4v) is 3.47. The predicted octanol–water partition coefficient (Wildman–Crippen LogP) is 1.27. The molecule has 1 N–H and O–H groups in total. The molecule has 0 aliphatic carbocycles. The third-order valence-electron chi connectivity index (χ3n) is 3.16. The Morgan fingerprint density at radius 2 is 1.74 bits per heavy atom. The number of halogens is 3. The van der Waals surface area contributed by atoms with Gasteiger partial charge in [0.25, 0.3) is 10.2 Å². The van der Waals surface area contributed by atoms with Gasteiger partial charge in [-0.15, -0.1) is 0 Å². The van der Waals surface area contributed by atoms with Gasteiger partial charge in [0.15, 0.2) is 5.60 Å². The SMILES string of the molecule is COC1(C(F)(F)F)CCN(S(=O)(=O)NC(C)C)CC1. The fraction of sp³-hybridized carbons (Fsp3) is 1.00. The van der Waals surface area contributed by atoms with Gasteiger partial charge in [-0.25, -0.2) is 0 Å². The lowest BCUT2D eigenvalue weighted by Gasteiger charge is -2.41. The maximum absolute atomic E-state index is 12.9. The Hall–Kier alpha value is -0.380. The summed E-state index contributed by atoms with van der Waals surface area (Å²) in [5.74, 6) is 0. The van der Waals surface area contributed by atoms with Crippen LogP contribution in [0, 0.1) is 0 Å². The molecule has 0 aromatic rings. The number of rotatable bonds is 4. The van der Waals surface area contributed by atoms with Crippen LogP contribution in [0.15, 0.2) is 0 Å². The number of nitrogens with zero attached hydrogens (tertiary/aromatic N) is 1. The van der Waals surface area contributed by atoms with E-state index in [-0.39, 0.29) is 19.1 Å². The second-order valence-corrected chi connectivity index (χ2v) is 6.58. The number of hydrogen-bond acceptors (Lipinski definition) is 3.